The van der Waals surface area contributed by atoms with Gasteiger partial charge in [-0.3, -0.25) is 9.78 Å². The van der Waals surface area contributed by atoms with Crippen LogP contribution in [0.3, 0.4) is 0 Å². The number of ketones is 1. The van der Waals surface area contributed by atoms with Gasteiger partial charge in [0.1, 0.15) is 0 Å². The average molecular weight is 389 g/mol. The molecule has 3 aromatic rings. The van der Waals surface area contributed by atoms with Crippen molar-refractivity contribution in [1.82, 2.24) is 4.98 Å². The quantitative estimate of drug-likeness (QED) is 0.386. The molecule has 4 heteroatoms. The molecule has 0 saturated carbocycles. The van der Waals surface area contributed by atoms with E-state index in [0.717, 1.165) is 22.9 Å². The van der Waals surface area contributed by atoms with E-state index in [1.807, 2.05) is 50.2 Å². The summed E-state index contributed by atoms with van der Waals surface area (Å²) in [6, 6.07) is 15.3. The molecule has 2 aromatic carbocycles. The van der Waals surface area contributed by atoms with Crippen molar-refractivity contribution in [2.75, 3.05) is 6.61 Å². The maximum atomic E-state index is 12.8. The number of pyridine rings is 1. The predicted molar refractivity (Wildman–Crippen MR) is 116 cm³/mol. The number of fused-ring (bicyclic) bond motifs is 1. The van der Waals surface area contributed by atoms with Crippen LogP contribution in [0.1, 0.15) is 70.6 Å². The van der Waals surface area contributed by atoms with Crippen LogP contribution >= 0.6 is 0 Å². The molecule has 1 aromatic heterocycles. The molecular formula is C25H27NO3. The highest BCUT2D eigenvalue weighted by atomic mass is 16.5. The Morgan fingerprint density at radius 3 is 2.38 bits per heavy atom. The number of carbonyl (C=O) groups excluding carboxylic acids is 2. The number of para-hydroxylation sites is 1. The Labute approximate surface area is 171 Å². The first kappa shape index (κ1) is 20.7. The van der Waals surface area contributed by atoms with Crippen LogP contribution in [0.4, 0.5) is 0 Å². The number of aryl methyl sites for hydroxylation is 2. The molecule has 3 rings (SSSR count). The summed E-state index contributed by atoms with van der Waals surface area (Å²) in [5, 5.41) is 0.920. The fourth-order valence-electron chi connectivity index (χ4n) is 3.49. The summed E-state index contributed by atoms with van der Waals surface area (Å²) in [6.45, 7) is 7.87. The second-order valence-electron chi connectivity index (χ2n) is 7.36. The lowest BCUT2D eigenvalue weighted by Crippen LogP contribution is -2.17. The molecule has 0 aliphatic rings. The van der Waals surface area contributed by atoms with Gasteiger partial charge in [-0.25, -0.2) is 4.79 Å². The highest BCUT2D eigenvalue weighted by Crippen LogP contribution is 2.24. The standard InChI is InChI=1S/C25H27NO3/c1-5-16(3)18-11-13-19(14-12-18)23(27)15-29-25(28)24-17(4)20-9-7-8-10-22(20)26-21(24)6-2/h7-14,16H,5-6,15H2,1-4H3/t16-/m0/s1. The van der Waals surface area contributed by atoms with Gasteiger partial charge in [-0.05, 0) is 42.9 Å². The number of carbonyl (C=O) groups is 2. The van der Waals surface area contributed by atoms with Crippen LogP contribution in [0.2, 0.25) is 0 Å². The van der Waals surface area contributed by atoms with Gasteiger partial charge in [-0.1, -0.05) is 63.2 Å². The van der Waals surface area contributed by atoms with Crippen LogP contribution in [-0.2, 0) is 11.2 Å². The lowest BCUT2D eigenvalue weighted by molar-refractivity contribution is 0.0472. The molecule has 1 heterocycles. The predicted octanol–water partition coefficient (Wildman–Crippen LogP) is 5.66. The van der Waals surface area contributed by atoms with E-state index in [-0.39, 0.29) is 12.4 Å². The van der Waals surface area contributed by atoms with Crippen molar-refractivity contribution in [3.8, 4) is 0 Å². The van der Waals surface area contributed by atoms with E-state index in [2.05, 4.69) is 18.8 Å². The largest absolute Gasteiger partial charge is 0.454 e. The Morgan fingerprint density at radius 2 is 1.72 bits per heavy atom. The minimum absolute atomic E-state index is 0.210. The van der Waals surface area contributed by atoms with Gasteiger partial charge in [0.15, 0.2) is 12.4 Å². The fraction of sp³-hybridized carbons (Fsp3) is 0.320. The Morgan fingerprint density at radius 1 is 1.03 bits per heavy atom. The Bertz CT molecular complexity index is 1040. The first-order valence-corrected chi connectivity index (χ1v) is 10.1. The lowest BCUT2D eigenvalue weighted by atomic mass is 9.97. The topological polar surface area (TPSA) is 56.3 Å². The van der Waals surface area contributed by atoms with Crippen molar-refractivity contribution in [3.05, 3.63) is 76.5 Å². The minimum Gasteiger partial charge on any atom is -0.454 e. The van der Waals surface area contributed by atoms with Gasteiger partial charge in [-0.2, -0.15) is 0 Å². The van der Waals surface area contributed by atoms with Gasteiger partial charge in [0, 0.05) is 10.9 Å². The van der Waals surface area contributed by atoms with Gasteiger partial charge in [0.2, 0.25) is 0 Å². The molecule has 0 aliphatic carbocycles. The number of rotatable bonds is 7. The van der Waals surface area contributed by atoms with E-state index in [9.17, 15) is 9.59 Å². The van der Waals surface area contributed by atoms with E-state index >= 15 is 0 Å². The molecule has 1 atom stereocenters. The molecule has 4 nitrogen and oxygen atoms in total. The van der Waals surface area contributed by atoms with Crippen LogP contribution < -0.4 is 0 Å². The third kappa shape index (κ3) is 4.37. The molecule has 0 saturated heterocycles. The number of benzene rings is 2. The molecule has 150 valence electrons. The molecule has 0 radical (unpaired) electrons. The normalized spacial score (nSPS) is 12.0. The van der Waals surface area contributed by atoms with Gasteiger partial charge in [0.25, 0.3) is 0 Å². The monoisotopic (exact) mass is 389 g/mol. The number of nitrogens with zero attached hydrogens (tertiary/aromatic N) is 1. The molecule has 0 spiro atoms. The zero-order chi connectivity index (χ0) is 21.0. The van der Waals surface area contributed by atoms with Crippen LogP contribution in [0.5, 0.6) is 0 Å². The second-order valence-corrected chi connectivity index (χ2v) is 7.36. The van der Waals surface area contributed by atoms with Crippen molar-refractivity contribution in [2.24, 2.45) is 0 Å². The second kappa shape index (κ2) is 8.99. The lowest BCUT2D eigenvalue weighted by Gasteiger charge is -2.13. The number of hydrogen-bond donors (Lipinski definition) is 0. The third-order valence-corrected chi connectivity index (χ3v) is 5.51. The summed E-state index contributed by atoms with van der Waals surface area (Å²) >= 11 is 0. The highest BCUT2D eigenvalue weighted by molar-refractivity contribution is 6.01. The van der Waals surface area contributed by atoms with Crippen molar-refractivity contribution in [2.45, 2.75) is 46.5 Å². The SMILES string of the molecule is CCc1nc2ccccc2c(C)c1C(=O)OCC(=O)c1ccc([C@@H](C)CC)cc1. The van der Waals surface area contributed by atoms with Crippen LogP contribution in [0, 0.1) is 6.92 Å². The minimum atomic E-state index is -0.498. The fourth-order valence-corrected chi connectivity index (χ4v) is 3.49. The van der Waals surface area contributed by atoms with Crippen molar-refractivity contribution >= 4 is 22.7 Å². The van der Waals surface area contributed by atoms with E-state index in [4.69, 9.17) is 4.74 Å². The Balaban J connectivity index is 1.77. The van der Waals surface area contributed by atoms with Crippen molar-refractivity contribution < 1.29 is 14.3 Å². The number of esters is 1. The van der Waals surface area contributed by atoms with Gasteiger partial charge < -0.3 is 4.74 Å². The number of Topliss-reactive ketones (excluding diaryl/α,β-unsaturated/α-hetero) is 1. The van der Waals surface area contributed by atoms with Gasteiger partial charge in [0.05, 0.1) is 16.8 Å². The number of hydrogen-bond acceptors (Lipinski definition) is 4. The molecule has 0 unspecified atom stereocenters. The molecule has 0 amide bonds. The van der Waals surface area contributed by atoms with E-state index in [0.29, 0.717) is 29.2 Å². The van der Waals surface area contributed by atoms with Crippen molar-refractivity contribution in [3.63, 3.8) is 0 Å². The van der Waals surface area contributed by atoms with E-state index < -0.39 is 5.97 Å². The summed E-state index contributed by atoms with van der Waals surface area (Å²) in [5.74, 6) is -0.256. The van der Waals surface area contributed by atoms with Gasteiger partial charge >= 0.3 is 5.97 Å². The summed E-state index contributed by atoms with van der Waals surface area (Å²) < 4.78 is 5.39. The van der Waals surface area contributed by atoms with Gasteiger partial charge in [-0.15, -0.1) is 0 Å². The molecular weight excluding hydrogens is 362 g/mol. The molecule has 29 heavy (non-hydrogen) atoms. The highest BCUT2D eigenvalue weighted by Gasteiger charge is 2.20. The van der Waals surface area contributed by atoms with Crippen molar-refractivity contribution in [1.29, 1.82) is 0 Å². The molecule has 0 fully saturated rings. The number of ether oxygens (including phenoxy) is 1. The summed E-state index contributed by atoms with van der Waals surface area (Å²) in [7, 11) is 0. The first-order valence-electron chi connectivity index (χ1n) is 10.1. The zero-order valence-electron chi connectivity index (χ0n) is 17.5. The zero-order valence-corrected chi connectivity index (χ0v) is 17.5. The maximum absolute atomic E-state index is 12.8. The first-order chi connectivity index (χ1) is 14.0. The summed E-state index contributed by atoms with van der Waals surface area (Å²) in [5.41, 5.74) is 4.60. The smallest absolute Gasteiger partial charge is 0.340 e. The molecule has 0 aliphatic heterocycles. The summed E-state index contributed by atoms with van der Waals surface area (Å²) in [6.07, 6.45) is 1.66. The summed E-state index contributed by atoms with van der Waals surface area (Å²) in [4.78, 5) is 29.9. The van der Waals surface area contributed by atoms with E-state index in [1.54, 1.807) is 12.1 Å². The van der Waals surface area contributed by atoms with Crippen LogP contribution in [0.25, 0.3) is 10.9 Å². The average Bonchev–Trinajstić information content (AvgIpc) is 2.76. The number of aromatic nitrogens is 1. The molecule has 0 bridgehead atoms. The third-order valence-electron chi connectivity index (χ3n) is 5.51. The van der Waals surface area contributed by atoms with Crippen LogP contribution in [-0.4, -0.2) is 23.3 Å². The maximum Gasteiger partial charge on any atom is 0.340 e. The van der Waals surface area contributed by atoms with Crippen LogP contribution in [0.15, 0.2) is 48.5 Å². The Hall–Kier alpha value is -3.01. The van der Waals surface area contributed by atoms with E-state index in [1.165, 1.54) is 5.56 Å². The molecule has 0 N–H and O–H groups in total. The Kier molecular flexibility index (Phi) is 6.42.